The number of hydrogen-bond acceptors (Lipinski definition) is 5. The number of piperazine rings is 1. The lowest BCUT2D eigenvalue weighted by Crippen LogP contribution is -2.48. The van der Waals surface area contributed by atoms with Gasteiger partial charge in [0.2, 0.25) is 0 Å². The molecule has 3 rings (SSSR count). The largest absolute Gasteiger partial charge is 0.508 e. The number of benzene rings is 1. The first-order chi connectivity index (χ1) is 8.74. The third kappa shape index (κ3) is 2.15. The maximum atomic E-state index is 9.75. The summed E-state index contributed by atoms with van der Waals surface area (Å²) >= 11 is 6.10. The molecule has 0 aliphatic carbocycles. The minimum atomic E-state index is -0.0961. The van der Waals surface area contributed by atoms with Crippen LogP contribution in [0.4, 0.5) is 5.69 Å². The van der Waals surface area contributed by atoms with Gasteiger partial charge in [-0.3, -0.25) is 5.32 Å². The van der Waals surface area contributed by atoms with E-state index in [0.717, 1.165) is 18.8 Å². The molecule has 0 saturated carbocycles. The fraction of sp³-hybridized carbons (Fsp3) is 0.500. The van der Waals surface area contributed by atoms with Crippen LogP contribution in [0.1, 0.15) is 0 Å². The number of phenols is 1. The lowest BCUT2D eigenvalue weighted by atomic mass is 10.2. The molecule has 5 nitrogen and oxygen atoms in total. The summed E-state index contributed by atoms with van der Waals surface area (Å²) < 4.78 is 11.2. The van der Waals surface area contributed by atoms with Crippen molar-refractivity contribution >= 4 is 17.3 Å². The monoisotopic (exact) mass is 270 g/mol. The Labute approximate surface area is 110 Å². The van der Waals surface area contributed by atoms with E-state index in [4.69, 9.17) is 21.1 Å². The van der Waals surface area contributed by atoms with Crippen LogP contribution in [0.2, 0.25) is 0 Å². The normalized spacial score (nSPS) is 22.9. The molecular formula is C12H15ClN2O3. The van der Waals surface area contributed by atoms with Crippen LogP contribution in [-0.2, 0) is 0 Å². The second-order valence-electron chi connectivity index (χ2n) is 4.36. The predicted octanol–water partition coefficient (Wildman–Crippen LogP) is 1.14. The maximum Gasteiger partial charge on any atom is 0.184 e. The number of phenolic OH excluding ortho intramolecular Hbond substituents is 1. The molecule has 0 spiro atoms. The number of alkyl halides is 1. The highest BCUT2D eigenvalue weighted by Crippen LogP contribution is 2.43. The Morgan fingerprint density at radius 3 is 3.00 bits per heavy atom. The molecule has 18 heavy (non-hydrogen) atoms. The van der Waals surface area contributed by atoms with E-state index in [1.807, 2.05) is 0 Å². The summed E-state index contributed by atoms with van der Waals surface area (Å²) in [4.78, 5) is 2.10. The van der Waals surface area contributed by atoms with E-state index in [-0.39, 0.29) is 11.3 Å². The smallest absolute Gasteiger partial charge is 0.184 e. The lowest BCUT2D eigenvalue weighted by Gasteiger charge is -2.34. The van der Waals surface area contributed by atoms with Crippen molar-refractivity contribution in [1.82, 2.24) is 5.32 Å². The second-order valence-corrected chi connectivity index (χ2v) is 4.88. The van der Waals surface area contributed by atoms with Gasteiger partial charge in [0.05, 0.1) is 5.69 Å². The molecule has 1 aromatic carbocycles. The Morgan fingerprint density at radius 1 is 1.33 bits per heavy atom. The third-order valence-corrected chi connectivity index (χ3v) is 3.37. The van der Waals surface area contributed by atoms with E-state index in [0.29, 0.717) is 31.3 Å². The zero-order valence-corrected chi connectivity index (χ0v) is 10.6. The average molecular weight is 271 g/mol. The minimum absolute atomic E-state index is 0.0961. The molecule has 1 saturated heterocycles. The zero-order valence-electron chi connectivity index (χ0n) is 9.86. The summed E-state index contributed by atoms with van der Waals surface area (Å²) in [5, 5.41) is 12.9. The number of hydrogen-bond donors (Lipinski definition) is 2. The van der Waals surface area contributed by atoms with Crippen LogP contribution in [0, 0.1) is 0 Å². The van der Waals surface area contributed by atoms with Crippen molar-refractivity contribution in [3.05, 3.63) is 12.1 Å². The third-order valence-electron chi connectivity index (χ3n) is 3.08. The summed E-state index contributed by atoms with van der Waals surface area (Å²) in [6.07, 6.45) is 0. The number of halogens is 1. The fourth-order valence-electron chi connectivity index (χ4n) is 2.28. The molecular weight excluding hydrogens is 256 g/mol. The molecule has 1 aromatic rings. The van der Waals surface area contributed by atoms with Crippen LogP contribution in [0.3, 0.4) is 0 Å². The summed E-state index contributed by atoms with van der Waals surface area (Å²) in [6.45, 7) is 3.33. The molecule has 2 heterocycles. The molecule has 0 radical (unpaired) electrons. The standard InChI is InChI=1S/C12H15ClN2O3/c13-11-7-15(2-1-14-11)9-5-8(16)6-10-12(9)18-4-3-17-10/h5-6,11,14,16H,1-4,7H2. The molecule has 2 aliphatic heterocycles. The molecule has 0 bridgehead atoms. The van der Waals surface area contributed by atoms with Crippen LogP contribution in [0.15, 0.2) is 12.1 Å². The Hall–Kier alpha value is -1.33. The van der Waals surface area contributed by atoms with E-state index in [2.05, 4.69) is 10.2 Å². The number of nitrogens with zero attached hydrogens (tertiary/aromatic N) is 1. The maximum absolute atomic E-state index is 9.75. The average Bonchev–Trinajstić information content (AvgIpc) is 2.37. The van der Waals surface area contributed by atoms with Crippen molar-refractivity contribution in [2.45, 2.75) is 5.50 Å². The first-order valence-electron chi connectivity index (χ1n) is 5.99. The molecule has 1 fully saturated rings. The van der Waals surface area contributed by atoms with Gasteiger partial charge in [-0.1, -0.05) is 0 Å². The summed E-state index contributed by atoms with van der Waals surface area (Å²) in [5.41, 5.74) is 0.748. The molecule has 2 aliphatic rings. The van der Waals surface area contributed by atoms with Crippen LogP contribution in [0.25, 0.3) is 0 Å². The van der Waals surface area contributed by atoms with Crippen LogP contribution in [-0.4, -0.2) is 43.5 Å². The van der Waals surface area contributed by atoms with Crippen molar-refractivity contribution in [2.75, 3.05) is 37.7 Å². The molecule has 1 unspecified atom stereocenters. The number of fused-ring (bicyclic) bond motifs is 1. The molecule has 6 heteroatoms. The Balaban J connectivity index is 1.97. The van der Waals surface area contributed by atoms with Gasteiger partial charge in [0.1, 0.15) is 24.5 Å². The predicted molar refractivity (Wildman–Crippen MR) is 69.0 cm³/mol. The van der Waals surface area contributed by atoms with Crippen molar-refractivity contribution in [2.24, 2.45) is 0 Å². The van der Waals surface area contributed by atoms with Gasteiger partial charge in [-0.05, 0) is 0 Å². The van der Waals surface area contributed by atoms with E-state index in [1.165, 1.54) is 0 Å². The second kappa shape index (κ2) is 4.74. The number of anilines is 1. The highest BCUT2D eigenvalue weighted by molar-refractivity contribution is 6.20. The first kappa shape index (κ1) is 11.7. The fourth-order valence-corrected chi connectivity index (χ4v) is 2.56. The van der Waals surface area contributed by atoms with Gasteiger partial charge < -0.3 is 19.5 Å². The van der Waals surface area contributed by atoms with Gasteiger partial charge in [0.15, 0.2) is 11.5 Å². The SMILES string of the molecule is Oc1cc2c(c(N3CCNC(Cl)C3)c1)OCCO2. The van der Waals surface area contributed by atoms with Crippen molar-refractivity contribution in [3.63, 3.8) is 0 Å². The first-order valence-corrected chi connectivity index (χ1v) is 6.43. The van der Waals surface area contributed by atoms with Crippen LogP contribution >= 0.6 is 11.6 Å². The van der Waals surface area contributed by atoms with Crippen LogP contribution < -0.4 is 19.7 Å². The summed E-state index contributed by atoms with van der Waals surface area (Å²) in [6, 6.07) is 3.28. The van der Waals surface area contributed by atoms with E-state index >= 15 is 0 Å². The Bertz CT molecular complexity index is 455. The molecule has 0 aromatic heterocycles. The molecule has 2 N–H and O–H groups in total. The van der Waals surface area contributed by atoms with Gasteiger partial charge >= 0.3 is 0 Å². The minimum Gasteiger partial charge on any atom is -0.508 e. The Morgan fingerprint density at radius 2 is 2.17 bits per heavy atom. The van der Waals surface area contributed by atoms with Gasteiger partial charge in [0.25, 0.3) is 0 Å². The van der Waals surface area contributed by atoms with E-state index < -0.39 is 0 Å². The van der Waals surface area contributed by atoms with E-state index in [1.54, 1.807) is 12.1 Å². The van der Waals surface area contributed by atoms with E-state index in [9.17, 15) is 5.11 Å². The molecule has 0 amide bonds. The van der Waals surface area contributed by atoms with Crippen molar-refractivity contribution in [3.8, 4) is 17.2 Å². The quantitative estimate of drug-likeness (QED) is 0.592. The zero-order chi connectivity index (χ0) is 12.5. The number of nitrogens with one attached hydrogen (secondary N) is 1. The van der Waals surface area contributed by atoms with Gasteiger partial charge in [-0.2, -0.15) is 0 Å². The lowest BCUT2D eigenvalue weighted by molar-refractivity contribution is 0.171. The molecule has 1 atom stereocenters. The highest BCUT2D eigenvalue weighted by Gasteiger charge is 2.25. The summed E-state index contributed by atoms with van der Waals surface area (Å²) in [5.74, 6) is 1.48. The number of rotatable bonds is 1. The summed E-state index contributed by atoms with van der Waals surface area (Å²) in [7, 11) is 0. The molecule has 98 valence electrons. The van der Waals surface area contributed by atoms with Crippen LogP contribution in [0.5, 0.6) is 17.2 Å². The highest BCUT2D eigenvalue weighted by atomic mass is 35.5. The van der Waals surface area contributed by atoms with Gasteiger partial charge in [0, 0.05) is 31.8 Å². The van der Waals surface area contributed by atoms with Gasteiger partial charge in [-0.25, -0.2) is 0 Å². The topological polar surface area (TPSA) is 54.0 Å². The number of ether oxygens (including phenoxy) is 2. The number of aromatic hydroxyl groups is 1. The van der Waals surface area contributed by atoms with Crippen molar-refractivity contribution in [1.29, 1.82) is 0 Å². The Kier molecular flexibility index (Phi) is 3.09. The van der Waals surface area contributed by atoms with Crippen molar-refractivity contribution < 1.29 is 14.6 Å². The van der Waals surface area contributed by atoms with Gasteiger partial charge in [-0.15, -0.1) is 11.6 Å².